The Morgan fingerprint density at radius 3 is 2.26 bits per heavy atom. The minimum atomic E-state index is 0.334. The van der Waals surface area contributed by atoms with Gasteiger partial charge in [-0.3, -0.25) is 0 Å². The van der Waals surface area contributed by atoms with Gasteiger partial charge in [0, 0.05) is 30.0 Å². The summed E-state index contributed by atoms with van der Waals surface area (Å²) in [4.78, 5) is 17.3. The van der Waals surface area contributed by atoms with Gasteiger partial charge in [0.05, 0.1) is 27.9 Å². The first-order valence-corrected chi connectivity index (χ1v) is 10.7. The lowest BCUT2D eigenvalue weighted by Gasteiger charge is -2.40. The molecule has 31 heavy (non-hydrogen) atoms. The quantitative estimate of drug-likeness (QED) is 0.385. The molecule has 1 fully saturated rings. The average molecular weight is 403 g/mol. The van der Waals surface area contributed by atoms with Gasteiger partial charge < -0.3 is 4.90 Å². The maximum absolute atomic E-state index is 5.07. The molecule has 0 atom stereocenters. The summed E-state index contributed by atoms with van der Waals surface area (Å²) >= 11 is 0. The van der Waals surface area contributed by atoms with Gasteiger partial charge in [0.1, 0.15) is 5.82 Å². The maximum Gasteiger partial charge on any atom is 0.129 e. The summed E-state index contributed by atoms with van der Waals surface area (Å²) in [6.45, 7) is 3.92. The van der Waals surface area contributed by atoms with Crippen molar-refractivity contribution in [3.05, 3.63) is 96.2 Å². The zero-order valence-electron chi connectivity index (χ0n) is 17.4. The van der Waals surface area contributed by atoms with E-state index in [0.717, 1.165) is 52.4 Å². The van der Waals surface area contributed by atoms with Gasteiger partial charge in [-0.1, -0.05) is 54.1 Å². The summed E-state index contributed by atoms with van der Waals surface area (Å²) in [5.41, 5.74) is 7.38. The molecular weight excluding hydrogens is 380 g/mol. The number of aryl methyl sites for hydroxylation is 1. The van der Waals surface area contributed by atoms with E-state index >= 15 is 0 Å². The summed E-state index contributed by atoms with van der Waals surface area (Å²) in [7, 11) is 0. The van der Waals surface area contributed by atoms with Gasteiger partial charge in [-0.15, -0.1) is 0 Å². The summed E-state index contributed by atoms with van der Waals surface area (Å²) < 4.78 is 0. The van der Waals surface area contributed by atoms with Crippen LogP contribution in [-0.2, 0) is 0 Å². The van der Waals surface area contributed by atoms with Crippen molar-refractivity contribution in [3.8, 4) is 11.3 Å². The molecule has 6 rings (SSSR count). The van der Waals surface area contributed by atoms with Gasteiger partial charge in [0.25, 0.3) is 0 Å². The highest BCUT2D eigenvalue weighted by Crippen LogP contribution is 2.36. The molecule has 0 unspecified atom stereocenters. The number of fused-ring (bicyclic) bond motifs is 2. The second-order valence-electron chi connectivity index (χ2n) is 8.28. The predicted molar refractivity (Wildman–Crippen MR) is 126 cm³/mol. The number of rotatable bonds is 3. The Kier molecular flexibility index (Phi) is 4.17. The molecule has 150 valence electrons. The van der Waals surface area contributed by atoms with E-state index in [1.807, 2.05) is 30.3 Å². The third-order valence-electron chi connectivity index (χ3n) is 6.06. The molecule has 0 spiro atoms. The molecule has 0 radical (unpaired) electrons. The normalized spacial score (nSPS) is 14.2. The fourth-order valence-electron chi connectivity index (χ4n) is 4.37. The second kappa shape index (κ2) is 7.17. The van der Waals surface area contributed by atoms with Crippen molar-refractivity contribution in [1.29, 1.82) is 0 Å². The maximum atomic E-state index is 5.07. The predicted octanol–water partition coefficient (Wildman–Crippen LogP) is 5.76. The third-order valence-corrected chi connectivity index (χ3v) is 6.06. The number of hydrogen-bond donors (Lipinski definition) is 0. The van der Waals surface area contributed by atoms with E-state index in [-0.39, 0.29) is 0 Å². The lowest BCUT2D eigenvalue weighted by Crippen LogP contribution is -2.46. The minimum absolute atomic E-state index is 0.334. The molecule has 0 aliphatic carbocycles. The van der Waals surface area contributed by atoms with Crippen LogP contribution in [0, 0.1) is 6.92 Å². The average Bonchev–Trinajstić information content (AvgIpc) is 2.77. The number of anilines is 1. The molecule has 0 saturated carbocycles. The highest BCUT2D eigenvalue weighted by atomic mass is 15.2. The molecule has 1 saturated heterocycles. The van der Waals surface area contributed by atoms with Crippen LogP contribution in [-0.4, -0.2) is 28.0 Å². The zero-order chi connectivity index (χ0) is 20.8. The van der Waals surface area contributed by atoms with Crippen LogP contribution in [0.1, 0.15) is 17.2 Å². The summed E-state index contributed by atoms with van der Waals surface area (Å²) in [6.07, 6.45) is 0. The number of benzene rings is 3. The van der Waals surface area contributed by atoms with Crippen LogP contribution < -0.4 is 4.90 Å². The Morgan fingerprint density at radius 2 is 1.45 bits per heavy atom. The number of para-hydroxylation sites is 3. The van der Waals surface area contributed by atoms with Crippen LogP contribution >= 0.6 is 0 Å². The fourth-order valence-corrected chi connectivity index (χ4v) is 4.37. The first-order chi connectivity index (χ1) is 15.2. The van der Waals surface area contributed by atoms with E-state index in [0.29, 0.717) is 5.92 Å². The van der Waals surface area contributed by atoms with Gasteiger partial charge in [-0.25, -0.2) is 15.0 Å². The molecule has 1 aliphatic rings. The van der Waals surface area contributed by atoms with E-state index in [1.165, 1.54) is 10.9 Å². The van der Waals surface area contributed by atoms with Crippen molar-refractivity contribution < 1.29 is 0 Å². The van der Waals surface area contributed by atoms with Gasteiger partial charge in [0.15, 0.2) is 0 Å². The van der Waals surface area contributed by atoms with Crippen molar-refractivity contribution in [1.82, 2.24) is 15.0 Å². The molecular formula is C27H22N4. The molecule has 4 heteroatoms. The van der Waals surface area contributed by atoms with Crippen molar-refractivity contribution in [2.45, 2.75) is 12.8 Å². The molecule has 0 bridgehead atoms. The Bertz CT molecular complexity index is 1420. The molecule has 2 aromatic heterocycles. The van der Waals surface area contributed by atoms with E-state index in [4.69, 9.17) is 15.0 Å². The highest BCUT2D eigenvalue weighted by molar-refractivity contribution is 5.81. The van der Waals surface area contributed by atoms with Crippen LogP contribution in [0.3, 0.4) is 0 Å². The van der Waals surface area contributed by atoms with E-state index in [1.54, 1.807) is 0 Å². The molecule has 5 aromatic rings. The third kappa shape index (κ3) is 3.21. The summed E-state index contributed by atoms with van der Waals surface area (Å²) in [6, 6.07) is 29.2. The monoisotopic (exact) mass is 402 g/mol. The number of aromatic nitrogens is 3. The Hall–Kier alpha value is -3.79. The van der Waals surface area contributed by atoms with Crippen LogP contribution in [0.25, 0.3) is 33.2 Å². The minimum Gasteiger partial charge on any atom is -0.355 e. The van der Waals surface area contributed by atoms with E-state index in [9.17, 15) is 0 Å². The lowest BCUT2D eigenvalue weighted by atomic mass is 9.91. The van der Waals surface area contributed by atoms with E-state index < -0.39 is 0 Å². The highest BCUT2D eigenvalue weighted by Gasteiger charge is 2.33. The van der Waals surface area contributed by atoms with Crippen LogP contribution in [0.15, 0.2) is 84.9 Å². The van der Waals surface area contributed by atoms with Crippen molar-refractivity contribution >= 4 is 27.8 Å². The number of nitrogens with zero attached hydrogens (tertiary/aromatic N) is 4. The Morgan fingerprint density at radius 1 is 0.710 bits per heavy atom. The SMILES string of the molecule is Cc1cccc(-c2nc3ccccc3nc2C2CN(c3ccc4ccccc4n3)C2)c1. The smallest absolute Gasteiger partial charge is 0.129 e. The second-order valence-corrected chi connectivity index (χ2v) is 8.28. The molecule has 4 nitrogen and oxygen atoms in total. The van der Waals surface area contributed by atoms with Crippen LogP contribution in [0.4, 0.5) is 5.82 Å². The van der Waals surface area contributed by atoms with Crippen LogP contribution in [0.2, 0.25) is 0 Å². The zero-order valence-corrected chi connectivity index (χ0v) is 17.4. The van der Waals surface area contributed by atoms with Crippen molar-refractivity contribution in [2.24, 2.45) is 0 Å². The number of hydrogen-bond acceptors (Lipinski definition) is 4. The van der Waals surface area contributed by atoms with Gasteiger partial charge >= 0.3 is 0 Å². The molecule has 3 heterocycles. The summed E-state index contributed by atoms with van der Waals surface area (Å²) in [5.74, 6) is 1.36. The van der Waals surface area contributed by atoms with Gasteiger partial charge in [0.2, 0.25) is 0 Å². The van der Waals surface area contributed by atoms with Crippen molar-refractivity contribution in [3.63, 3.8) is 0 Å². The first kappa shape index (κ1) is 18.0. The Labute approximate surface area is 181 Å². The molecule has 1 aliphatic heterocycles. The van der Waals surface area contributed by atoms with Gasteiger partial charge in [-0.05, 0) is 43.3 Å². The van der Waals surface area contributed by atoms with Gasteiger partial charge in [-0.2, -0.15) is 0 Å². The standard InChI is InChI=1S/C27H22N4/c1-18-7-6-9-20(15-18)26-27(30-24-12-5-4-11-23(24)29-26)21-16-31(17-21)25-14-13-19-8-2-3-10-22(19)28-25/h2-15,21H,16-17H2,1H3. The fraction of sp³-hybridized carbons (Fsp3) is 0.148. The summed E-state index contributed by atoms with van der Waals surface area (Å²) in [5, 5.41) is 1.17. The van der Waals surface area contributed by atoms with Crippen molar-refractivity contribution in [2.75, 3.05) is 18.0 Å². The van der Waals surface area contributed by atoms with Crippen LogP contribution in [0.5, 0.6) is 0 Å². The number of pyridine rings is 1. The molecule has 3 aromatic carbocycles. The first-order valence-electron chi connectivity index (χ1n) is 10.7. The molecule has 0 N–H and O–H groups in total. The largest absolute Gasteiger partial charge is 0.355 e. The topological polar surface area (TPSA) is 41.9 Å². The lowest BCUT2D eigenvalue weighted by molar-refractivity contribution is 0.511. The Balaban J connectivity index is 1.37. The molecule has 0 amide bonds. The van der Waals surface area contributed by atoms with E-state index in [2.05, 4.69) is 66.4 Å².